The van der Waals surface area contributed by atoms with Gasteiger partial charge in [-0.25, -0.2) is 8.42 Å². The van der Waals surface area contributed by atoms with Gasteiger partial charge in [0.25, 0.3) is 0 Å². The third kappa shape index (κ3) is 4.99. The number of nitrogens with one attached hydrogen (secondary N) is 1. The van der Waals surface area contributed by atoms with Crippen molar-refractivity contribution in [1.82, 2.24) is 5.32 Å². The minimum Gasteiger partial charge on any atom is -0.486 e. The van der Waals surface area contributed by atoms with Gasteiger partial charge < -0.3 is 14.8 Å². The zero-order chi connectivity index (χ0) is 21.9. The molecule has 2 atom stereocenters. The molecule has 1 heterocycles. The van der Waals surface area contributed by atoms with Crippen LogP contribution in [0.5, 0.6) is 11.5 Å². The Morgan fingerprint density at radius 1 is 1.27 bits per heavy atom. The second-order valence-electron chi connectivity index (χ2n) is 7.16. The molecule has 0 bridgehead atoms. The summed E-state index contributed by atoms with van der Waals surface area (Å²) in [6, 6.07) is 11.3. The molecule has 9 heteroatoms. The number of sulfonamides is 1. The van der Waals surface area contributed by atoms with Gasteiger partial charge in [-0.15, -0.1) is 0 Å². The number of anilines is 1. The van der Waals surface area contributed by atoms with Crippen LogP contribution in [0.4, 0.5) is 5.69 Å². The number of fused-ring (bicyclic) bond motifs is 1. The van der Waals surface area contributed by atoms with Crippen LogP contribution in [-0.4, -0.2) is 45.9 Å². The van der Waals surface area contributed by atoms with Crippen molar-refractivity contribution in [3.63, 3.8) is 0 Å². The van der Waals surface area contributed by atoms with Crippen LogP contribution in [0.25, 0.3) is 0 Å². The molecule has 1 amide bonds. The van der Waals surface area contributed by atoms with E-state index in [1.807, 2.05) is 25.1 Å². The Morgan fingerprint density at radius 3 is 2.60 bits per heavy atom. The van der Waals surface area contributed by atoms with Crippen LogP contribution in [0, 0.1) is 6.92 Å². The van der Waals surface area contributed by atoms with Crippen molar-refractivity contribution in [2.45, 2.75) is 32.4 Å². The van der Waals surface area contributed by atoms with E-state index in [1.165, 1.54) is 0 Å². The molecule has 0 aromatic heterocycles. The van der Waals surface area contributed by atoms with Gasteiger partial charge in [0.05, 0.1) is 18.5 Å². The third-order valence-electron chi connectivity index (χ3n) is 4.81. The normalized spacial score (nSPS) is 16.6. The molecule has 0 aliphatic carbocycles. The van der Waals surface area contributed by atoms with Crippen LogP contribution in [0.1, 0.15) is 18.9 Å². The molecule has 0 saturated heterocycles. The van der Waals surface area contributed by atoms with Gasteiger partial charge in [-0.05, 0) is 43.2 Å². The largest absolute Gasteiger partial charge is 0.486 e. The summed E-state index contributed by atoms with van der Waals surface area (Å²) in [5.74, 6) is 0.857. The maximum atomic E-state index is 12.9. The molecule has 3 rings (SSSR count). The van der Waals surface area contributed by atoms with Crippen LogP contribution in [0.3, 0.4) is 0 Å². The van der Waals surface area contributed by atoms with E-state index in [1.54, 1.807) is 31.2 Å². The van der Waals surface area contributed by atoms with E-state index < -0.39 is 22.0 Å². The van der Waals surface area contributed by atoms with E-state index in [0.29, 0.717) is 22.2 Å². The molecule has 2 aromatic rings. The van der Waals surface area contributed by atoms with Crippen LogP contribution >= 0.6 is 11.6 Å². The predicted octanol–water partition coefficient (Wildman–Crippen LogP) is 3.15. The van der Waals surface area contributed by atoms with Gasteiger partial charge in [-0.3, -0.25) is 9.10 Å². The summed E-state index contributed by atoms with van der Waals surface area (Å²) in [5, 5.41) is 3.23. The fourth-order valence-corrected chi connectivity index (χ4v) is 4.65. The van der Waals surface area contributed by atoms with Gasteiger partial charge in [0.1, 0.15) is 18.8 Å². The molecule has 0 radical (unpaired) electrons. The molecule has 0 saturated carbocycles. The Bertz CT molecular complexity index is 1030. The Morgan fingerprint density at radius 2 is 1.97 bits per heavy atom. The lowest BCUT2D eigenvalue weighted by Gasteiger charge is -2.31. The number of hydrogen-bond acceptors (Lipinski definition) is 5. The molecule has 0 spiro atoms. The number of ether oxygens (including phenoxy) is 2. The number of benzene rings is 2. The monoisotopic (exact) mass is 452 g/mol. The second-order valence-corrected chi connectivity index (χ2v) is 9.43. The molecule has 2 unspecified atom stereocenters. The van der Waals surface area contributed by atoms with Gasteiger partial charge in [-0.2, -0.15) is 0 Å². The average Bonchev–Trinajstić information content (AvgIpc) is 2.71. The smallest absolute Gasteiger partial charge is 0.244 e. The van der Waals surface area contributed by atoms with Crippen molar-refractivity contribution in [3.05, 3.63) is 53.1 Å². The molecule has 30 heavy (non-hydrogen) atoms. The highest BCUT2D eigenvalue weighted by atomic mass is 35.5. The number of para-hydroxylation sites is 2. The zero-order valence-electron chi connectivity index (χ0n) is 17.1. The number of carbonyl (C=O) groups is 1. The fraction of sp³-hybridized carbons (Fsp3) is 0.381. The average molecular weight is 453 g/mol. The predicted molar refractivity (Wildman–Crippen MR) is 117 cm³/mol. The van der Waals surface area contributed by atoms with Gasteiger partial charge in [0.2, 0.25) is 15.9 Å². The fourth-order valence-electron chi connectivity index (χ4n) is 3.28. The molecule has 1 aliphatic heterocycles. The number of hydrogen-bond donors (Lipinski definition) is 1. The summed E-state index contributed by atoms with van der Waals surface area (Å²) in [5.41, 5.74) is 1.17. The molecule has 1 N–H and O–H groups in total. The summed E-state index contributed by atoms with van der Waals surface area (Å²) in [6.07, 6.45) is 0.989. The van der Waals surface area contributed by atoms with Crippen molar-refractivity contribution in [2.75, 3.05) is 23.7 Å². The Kier molecular flexibility index (Phi) is 6.77. The van der Waals surface area contributed by atoms with Gasteiger partial charge in [-0.1, -0.05) is 36.7 Å². The quantitative estimate of drug-likeness (QED) is 0.697. The Balaban J connectivity index is 1.74. The molecule has 0 fully saturated rings. The lowest BCUT2D eigenvalue weighted by Crippen LogP contribution is -2.51. The lowest BCUT2D eigenvalue weighted by atomic mass is 10.1. The maximum absolute atomic E-state index is 12.9. The molecule has 1 aliphatic rings. The molecule has 2 aromatic carbocycles. The highest BCUT2D eigenvalue weighted by Crippen LogP contribution is 2.31. The summed E-state index contributed by atoms with van der Waals surface area (Å²) in [6.45, 7) is 4.06. The Hall–Kier alpha value is -2.45. The summed E-state index contributed by atoms with van der Waals surface area (Å²) in [7, 11) is -3.73. The van der Waals surface area contributed by atoms with E-state index in [0.717, 1.165) is 16.1 Å². The number of aryl methyl sites for hydroxylation is 1. The molecular formula is C21H25ClN2O5S. The van der Waals surface area contributed by atoms with Crippen LogP contribution in [-0.2, 0) is 14.8 Å². The van der Waals surface area contributed by atoms with Crippen LogP contribution < -0.4 is 19.1 Å². The van der Waals surface area contributed by atoms with Crippen molar-refractivity contribution in [3.8, 4) is 11.5 Å². The first-order valence-electron chi connectivity index (χ1n) is 9.62. The first-order valence-corrected chi connectivity index (χ1v) is 11.8. The number of halogens is 1. The number of carbonyl (C=O) groups excluding carboxylic acids is 1. The lowest BCUT2D eigenvalue weighted by molar-refractivity contribution is -0.122. The standard InChI is InChI=1S/C21H25ClN2O5S/c1-4-18(24(30(3,26)27)15-10-9-14(2)17(22)11-15)21(25)23-12-16-13-28-19-7-5-6-8-20(19)29-16/h5-11,16,18H,4,12-13H2,1-3H3,(H,23,25). The first kappa shape index (κ1) is 22.2. The van der Waals surface area contributed by atoms with Crippen LogP contribution in [0.15, 0.2) is 42.5 Å². The zero-order valence-corrected chi connectivity index (χ0v) is 18.7. The highest BCUT2D eigenvalue weighted by Gasteiger charge is 2.32. The molecular weight excluding hydrogens is 428 g/mol. The number of amides is 1. The van der Waals surface area contributed by atoms with E-state index in [-0.39, 0.29) is 25.7 Å². The van der Waals surface area contributed by atoms with Crippen molar-refractivity contribution in [1.29, 1.82) is 0 Å². The van der Waals surface area contributed by atoms with Gasteiger partial charge in [0, 0.05) is 5.02 Å². The minimum atomic E-state index is -3.73. The topological polar surface area (TPSA) is 84.9 Å². The molecule has 162 valence electrons. The summed E-state index contributed by atoms with van der Waals surface area (Å²) >= 11 is 6.19. The maximum Gasteiger partial charge on any atom is 0.244 e. The van der Waals surface area contributed by atoms with Gasteiger partial charge in [0.15, 0.2) is 11.5 Å². The summed E-state index contributed by atoms with van der Waals surface area (Å²) < 4.78 is 37.7. The van der Waals surface area contributed by atoms with Gasteiger partial charge >= 0.3 is 0 Å². The second kappa shape index (κ2) is 9.14. The van der Waals surface area contributed by atoms with E-state index in [9.17, 15) is 13.2 Å². The first-order chi connectivity index (χ1) is 14.2. The summed E-state index contributed by atoms with van der Waals surface area (Å²) in [4.78, 5) is 12.9. The highest BCUT2D eigenvalue weighted by molar-refractivity contribution is 7.92. The van der Waals surface area contributed by atoms with Crippen molar-refractivity contribution in [2.24, 2.45) is 0 Å². The number of nitrogens with zero attached hydrogens (tertiary/aromatic N) is 1. The van der Waals surface area contributed by atoms with Crippen molar-refractivity contribution < 1.29 is 22.7 Å². The van der Waals surface area contributed by atoms with Crippen LogP contribution in [0.2, 0.25) is 5.02 Å². The minimum absolute atomic E-state index is 0.190. The molecule has 7 nitrogen and oxygen atoms in total. The van der Waals surface area contributed by atoms with E-state index in [2.05, 4.69) is 5.32 Å². The SMILES string of the molecule is CCC(C(=O)NCC1COc2ccccc2O1)N(c1ccc(C)c(Cl)c1)S(C)(=O)=O. The van der Waals surface area contributed by atoms with E-state index in [4.69, 9.17) is 21.1 Å². The third-order valence-corrected chi connectivity index (χ3v) is 6.40. The van der Waals surface area contributed by atoms with Crippen molar-refractivity contribution >= 4 is 33.2 Å². The number of rotatable bonds is 7. The Labute approximate surface area is 182 Å². The van der Waals surface area contributed by atoms with E-state index >= 15 is 0 Å².